The molecule has 0 aliphatic carbocycles. The van der Waals surface area contributed by atoms with Gasteiger partial charge in [0.15, 0.2) is 0 Å². The van der Waals surface area contributed by atoms with Gasteiger partial charge in [0.05, 0.1) is 10.3 Å². The quantitative estimate of drug-likeness (QED) is 0.720. The largest absolute Gasteiger partial charge is 0.356 e. The fraction of sp³-hybridized carbons (Fsp3) is 0.429. The summed E-state index contributed by atoms with van der Waals surface area (Å²) in [5, 5.41) is 4.05. The van der Waals surface area contributed by atoms with Crippen LogP contribution in [0.1, 0.15) is 52.9 Å². The van der Waals surface area contributed by atoms with E-state index in [1.165, 1.54) is 43.4 Å². The van der Waals surface area contributed by atoms with Crippen molar-refractivity contribution in [3.05, 3.63) is 46.9 Å². The van der Waals surface area contributed by atoms with Crippen molar-refractivity contribution in [3.63, 3.8) is 0 Å². The molecule has 1 amide bonds. The molecule has 0 atom stereocenters. The number of aromatic nitrogens is 3. The van der Waals surface area contributed by atoms with Gasteiger partial charge in [-0.3, -0.25) is 9.78 Å². The third kappa shape index (κ3) is 3.99. The van der Waals surface area contributed by atoms with E-state index in [9.17, 15) is 4.79 Å². The van der Waals surface area contributed by atoms with E-state index < -0.39 is 0 Å². The molecule has 1 N–H and O–H groups in total. The first-order valence-electron chi connectivity index (χ1n) is 9.90. The van der Waals surface area contributed by atoms with Gasteiger partial charge < -0.3 is 10.2 Å². The average Bonchev–Trinajstić information content (AvgIpc) is 3.04. The van der Waals surface area contributed by atoms with Crippen LogP contribution in [0.15, 0.2) is 30.9 Å². The molecule has 28 heavy (non-hydrogen) atoms. The van der Waals surface area contributed by atoms with E-state index in [1.54, 1.807) is 18.7 Å². The smallest absolute Gasteiger partial charge is 0.261 e. The summed E-state index contributed by atoms with van der Waals surface area (Å²) < 4.78 is 0. The highest BCUT2D eigenvalue weighted by Gasteiger charge is 2.22. The zero-order valence-corrected chi connectivity index (χ0v) is 17.0. The molecular weight excluding hydrogens is 370 g/mol. The molecule has 0 saturated carbocycles. The minimum absolute atomic E-state index is 0.0593. The lowest BCUT2D eigenvalue weighted by Crippen LogP contribution is -2.28. The average molecular weight is 396 g/mol. The Bertz CT molecular complexity index is 948. The summed E-state index contributed by atoms with van der Waals surface area (Å²) in [5.41, 5.74) is 2.01. The lowest BCUT2D eigenvalue weighted by Gasteiger charge is -2.26. The van der Waals surface area contributed by atoms with Gasteiger partial charge in [-0.15, -0.1) is 11.3 Å². The van der Waals surface area contributed by atoms with E-state index in [-0.39, 0.29) is 5.91 Å². The molecule has 0 radical (unpaired) electrons. The maximum absolute atomic E-state index is 12.8. The predicted octanol–water partition coefficient (Wildman–Crippen LogP) is 4.10. The number of fused-ring (bicyclic) bond motifs is 1. The van der Waals surface area contributed by atoms with Crippen molar-refractivity contribution in [3.8, 4) is 0 Å². The maximum Gasteiger partial charge on any atom is 0.261 e. The Labute approximate surface area is 169 Å². The van der Waals surface area contributed by atoms with Crippen molar-refractivity contribution in [1.82, 2.24) is 20.3 Å². The molecule has 4 heterocycles. The van der Waals surface area contributed by atoms with Crippen molar-refractivity contribution < 1.29 is 4.79 Å². The Morgan fingerprint density at radius 3 is 2.57 bits per heavy atom. The van der Waals surface area contributed by atoms with Gasteiger partial charge in [-0.25, -0.2) is 9.97 Å². The molecule has 6 nitrogen and oxygen atoms in total. The van der Waals surface area contributed by atoms with Crippen LogP contribution in [0.5, 0.6) is 0 Å². The van der Waals surface area contributed by atoms with Gasteiger partial charge in [0, 0.05) is 32.0 Å². The monoisotopic (exact) mass is 395 g/mol. The van der Waals surface area contributed by atoms with Crippen molar-refractivity contribution in [2.45, 2.75) is 45.6 Å². The second kappa shape index (κ2) is 8.65. The minimum Gasteiger partial charge on any atom is -0.356 e. The molecule has 3 aromatic heterocycles. The Kier molecular flexibility index (Phi) is 5.81. The maximum atomic E-state index is 12.8. The zero-order valence-electron chi connectivity index (χ0n) is 16.1. The van der Waals surface area contributed by atoms with Gasteiger partial charge in [-0.1, -0.05) is 19.3 Å². The summed E-state index contributed by atoms with van der Waals surface area (Å²) in [6.07, 6.45) is 11.3. The number of rotatable bonds is 4. The number of hydrogen-bond acceptors (Lipinski definition) is 6. The molecule has 1 saturated heterocycles. The van der Waals surface area contributed by atoms with E-state index in [0.29, 0.717) is 6.54 Å². The summed E-state index contributed by atoms with van der Waals surface area (Å²) in [4.78, 5) is 29.9. The summed E-state index contributed by atoms with van der Waals surface area (Å²) in [6, 6.07) is 3.81. The van der Waals surface area contributed by atoms with Crippen molar-refractivity contribution in [2.24, 2.45) is 0 Å². The first-order chi connectivity index (χ1) is 13.7. The fourth-order valence-corrected chi connectivity index (χ4v) is 4.79. The SMILES string of the molecule is Cc1c(C(=O)NCc2ccncc2)sc2ncnc(N3CCCCCCC3)c12. The van der Waals surface area contributed by atoms with E-state index in [0.717, 1.165) is 45.1 Å². The second-order valence-corrected chi connectivity index (χ2v) is 8.23. The van der Waals surface area contributed by atoms with Crippen molar-refractivity contribution in [1.29, 1.82) is 0 Å². The second-order valence-electron chi connectivity index (χ2n) is 7.23. The van der Waals surface area contributed by atoms with Crippen LogP contribution in [0.2, 0.25) is 0 Å². The Hall–Kier alpha value is -2.54. The predicted molar refractivity (Wildman–Crippen MR) is 113 cm³/mol. The van der Waals surface area contributed by atoms with Crippen LogP contribution >= 0.6 is 11.3 Å². The number of aryl methyl sites for hydroxylation is 1. The van der Waals surface area contributed by atoms with Gasteiger partial charge in [0.25, 0.3) is 5.91 Å². The number of anilines is 1. The van der Waals surface area contributed by atoms with Crippen LogP contribution in [-0.4, -0.2) is 33.9 Å². The van der Waals surface area contributed by atoms with Gasteiger partial charge >= 0.3 is 0 Å². The topological polar surface area (TPSA) is 71.0 Å². The first-order valence-corrected chi connectivity index (χ1v) is 10.7. The normalized spacial score (nSPS) is 15.2. The number of nitrogens with one attached hydrogen (secondary N) is 1. The Morgan fingerprint density at radius 1 is 1.11 bits per heavy atom. The molecule has 0 spiro atoms. The van der Waals surface area contributed by atoms with Crippen LogP contribution in [-0.2, 0) is 6.54 Å². The third-order valence-corrected chi connectivity index (χ3v) is 6.47. The molecule has 3 aromatic rings. The van der Waals surface area contributed by atoms with E-state index in [4.69, 9.17) is 0 Å². The van der Waals surface area contributed by atoms with Gasteiger partial charge in [0.2, 0.25) is 0 Å². The number of hydrogen-bond donors (Lipinski definition) is 1. The lowest BCUT2D eigenvalue weighted by molar-refractivity contribution is 0.0954. The van der Waals surface area contributed by atoms with Crippen LogP contribution in [0.25, 0.3) is 10.2 Å². The first kappa shape index (κ1) is 18.8. The number of amides is 1. The van der Waals surface area contributed by atoms with Gasteiger partial charge in [-0.05, 0) is 43.0 Å². The number of nitrogens with zero attached hydrogens (tertiary/aromatic N) is 4. The molecule has 1 aliphatic heterocycles. The zero-order chi connectivity index (χ0) is 19.3. The summed E-state index contributed by atoms with van der Waals surface area (Å²) >= 11 is 1.45. The Balaban J connectivity index is 1.60. The number of carbonyl (C=O) groups is 1. The Morgan fingerprint density at radius 2 is 1.82 bits per heavy atom. The van der Waals surface area contributed by atoms with Crippen molar-refractivity contribution in [2.75, 3.05) is 18.0 Å². The highest BCUT2D eigenvalue weighted by atomic mass is 32.1. The molecule has 0 bridgehead atoms. The van der Waals surface area contributed by atoms with E-state index >= 15 is 0 Å². The highest BCUT2D eigenvalue weighted by molar-refractivity contribution is 7.20. The van der Waals surface area contributed by atoms with Crippen LogP contribution in [0.4, 0.5) is 5.82 Å². The highest BCUT2D eigenvalue weighted by Crippen LogP contribution is 2.35. The van der Waals surface area contributed by atoms with Crippen LogP contribution in [0.3, 0.4) is 0 Å². The fourth-order valence-electron chi connectivity index (χ4n) is 3.73. The summed E-state index contributed by atoms with van der Waals surface area (Å²) in [7, 11) is 0. The molecule has 146 valence electrons. The standard InChI is InChI=1S/C21H25N5OS/c1-15-17-19(26-11-5-3-2-4-6-12-26)24-14-25-21(17)28-18(15)20(27)23-13-16-7-9-22-10-8-16/h7-10,14H,2-6,11-13H2,1H3,(H,23,27). The molecule has 0 aromatic carbocycles. The molecule has 7 heteroatoms. The summed E-state index contributed by atoms with van der Waals surface area (Å²) in [6.45, 7) is 4.53. The molecule has 1 aliphatic rings. The minimum atomic E-state index is -0.0593. The lowest BCUT2D eigenvalue weighted by atomic mass is 10.1. The van der Waals surface area contributed by atoms with Crippen LogP contribution < -0.4 is 10.2 Å². The summed E-state index contributed by atoms with van der Waals surface area (Å²) in [5.74, 6) is 0.921. The van der Waals surface area contributed by atoms with E-state index in [2.05, 4.69) is 25.2 Å². The molecule has 1 fully saturated rings. The van der Waals surface area contributed by atoms with E-state index in [1.807, 2.05) is 19.1 Å². The number of carbonyl (C=O) groups excluding carboxylic acids is 1. The van der Waals surface area contributed by atoms with Crippen LogP contribution in [0, 0.1) is 6.92 Å². The number of thiophene rings is 1. The van der Waals surface area contributed by atoms with Gasteiger partial charge in [0.1, 0.15) is 17.0 Å². The molecule has 0 unspecified atom stereocenters. The number of pyridine rings is 1. The third-order valence-electron chi connectivity index (χ3n) is 5.27. The van der Waals surface area contributed by atoms with Gasteiger partial charge in [-0.2, -0.15) is 0 Å². The molecule has 4 rings (SSSR count). The van der Waals surface area contributed by atoms with Crippen molar-refractivity contribution >= 4 is 33.3 Å². The molecular formula is C21H25N5OS.